The normalized spacial score (nSPS) is 19.2. The van der Waals surface area contributed by atoms with E-state index in [1.54, 1.807) is 0 Å². The predicted molar refractivity (Wildman–Crippen MR) is 56.4 cm³/mol. The highest BCUT2D eigenvalue weighted by atomic mass is 32.2. The fourth-order valence-corrected chi connectivity index (χ4v) is 1.83. The summed E-state index contributed by atoms with van der Waals surface area (Å²) in [6.07, 6.45) is 0.601. The van der Waals surface area contributed by atoms with Crippen molar-refractivity contribution in [1.29, 1.82) is 0 Å². The average molecular weight is 229 g/mol. The molecule has 1 atom stereocenters. The van der Waals surface area contributed by atoms with Crippen LogP contribution in [0.3, 0.4) is 0 Å². The van der Waals surface area contributed by atoms with Crippen LogP contribution in [0.2, 0.25) is 0 Å². The number of rotatable bonds is 5. The molecule has 0 saturated carbocycles. The minimum absolute atomic E-state index is 0.163. The van der Waals surface area contributed by atoms with Gasteiger partial charge >= 0.3 is 0 Å². The average Bonchev–Trinajstić information content (AvgIpc) is 2.64. The van der Waals surface area contributed by atoms with Crippen molar-refractivity contribution in [2.45, 2.75) is 12.5 Å². The van der Waals surface area contributed by atoms with Crippen LogP contribution in [0.25, 0.3) is 10.4 Å². The maximum absolute atomic E-state index is 11.4. The van der Waals surface area contributed by atoms with Crippen LogP contribution in [0.5, 0.6) is 0 Å². The third-order valence-corrected chi connectivity index (χ3v) is 2.67. The molecule has 0 aromatic heterocycles. The van der Waals surface area contributed by atoms with E-state index in [4.69, 9.17) is 5.53 Å². The van der Waals surface area contributed by atoms with Gasteiger partial charge in [0.15, 0.2) is 0 Å². The molecule has 1 aliphatic heterocycles. The van der Waals surface area contributed by atoms with Crippen molar-refractivity contribution in [2.24, 2.45) is 5.11 Å². The standard InChI is InChI=1S/C7H11N5O2S/c8-12-10-3-1-2-9-6(13)5-4-15-7(14)11-5/h5H,1-4H2,(H,9,13)(H,11,14). The molecule has 15 heavy (non-hydrogen) atoms. The van der Waals surface area contributed by atoms with Crippen LogP contribution in [0.15, 0.2) is 5.11 Å². The van der Waals surface area contributed by atoms with Gasteiger partial charge in [0.05, 0.1) is 0 Å². The predicted octanol–water partition coefficient (Wildman–Crippen LogP) is 0.628. The number of carbonyl (C=O) groups is 2. The Morgan fingerprint density at radius 3 is 3.20 bits per heavy atom. The minimum atomic E-state index is -0.429. The summed E-state index contributed by atoms with van der Waals surface area (Å²) in [4.78, 5) is 24.8. The van der Waals surface area contributed by atoms with Gasteiger partial charge in [0, 0.05) is 23.8 Å². The van der Waals surface area contributed by atoms with Gasteiger partial charge < -0.3 is 10.6 Å². The summed E-state index contributed by atoms with van der Waals surface area (Å²) >= 11 is 1.10. The second kappa shape index (κ2) is 6.15. The molecule has 1 heterocycles. The molecule has 82 valence electrons. The molecular weight excluding hydrogens is 218 g/mol. The van der Waals surface area contributed by atoms with Crippen LogP contribution in [0, 0.1) is 0 Å². The van der Waals surface area contributed by atoms with Gasteiger partial charge in [-0.05, 0) is 12.0 Å². The van der Waals surface area contributed by atoms with E-state index in [2.05, 4.69) is 20.7 Å². The molecule has 1 unspecified atom stereocenters. The van der Waals surface area contributed by atoms with E-state index in [9.17, 15) is 9.59 Å². The van der Waals surface area contributed by atoms with E-state index in [1.807, 2.05) is 0 Å². The molecule has 0 bridgehead atoms. The van der Waals surface area contributed by atoms with Crippen LogP contribution in [-0.4, -0.2) is 36.0 Å². The maximum atomic E-state index is 11.4. The molecule has 1 saturated heterocycles. The van der Waals surface area contributed by atoms with Crippen LogP contribution >= 0.6 is 11.8 Å². The number of thioether (sulfide) groups is 1. The van der Waals surface area contributed by atoms with Crippen LogP contribution < -0.4 is 10.6 Å². The SMILES string of the molecule is [N-]=[N+]=NCCCNC(=O)C1CSC(=O)N1. The van der Waals surface area contributed by atoms with Crippen molar-refractivity contribution >= 4 is 22.9 Å². The second-order valence-electron chi connectivity index (χ2n) is 2.89. The first kappa shape index (κ1) is 11.7. The topological polar surface area (TPSA) is 107 Å². The molecule has 0 aromatic rings. The fraction of sp³-hybridized carbons (Fsp3) is 0.714. The number of nitrogens with one attached hydrogen (secondary N) is 2. The molecule has 0 radical (unpaired) electrons. The molecular formula is C7H11N5O2S. The summed E-state index contributed by atoms with van der Waals surface area (Å²) in [6.45, 7) is 0.817. The zero-order chi connectivity index (χ0) is 11.1. The van der Waals surface area contributed by atoms with Crippen LogP contribution in [-0.2, 0) is 4.79 Å². The Morgan fingerprint density at radius 1 is 1.80 bits per heavy atom. The Balaban J connectivity index is 2.13. The molecule has 0 aliphatic carbocycles. The summed E-state index contributed by atoms with van der Waals surface area (Å²) in [7, 11) is 0. The molecule has 1 fully saturated rings. The lowest BCUT2D eigenvalue weighted by Crippen LogP contribution is -2.43. The smallest absolute Gasteiger partial charge is 0.279 e. The van der Waals surface area contributed by atoms with E-state index in [1.165, 1.54) is 0 Å². The molecule has 0 aromatic carbocycles. The molecule has 7 nitrogen and oxygen atoms in total. The first-order chi connectivity index (χ1) is 7.24. The number of hydrogen-bond acceptors (Lipinski definition) is 4. The van der Waals surface area contributed by atoms with Crippen molar-refractivity contribution in [3.05, 3.63) is 10.4 Å². The van der Waals surface area contributed by atoms with Gasteiger partial charge in [-0.15, -0.1) is 0 Å². The molecule has 2 N–H and O–H groups in total. The van der Waals surface area contributed by atoms with E-state index < -0.39 is 6.04 Å². The van der Waals surface area contributed by atoms with Gasteiger partial charge in [0.1, 0.15) is 6.04 Å². The quantitative estimate of drug-likeness (QED) is 0.312. The molecule has 2 amide bonds. The summed E-state index contributed by atoms with van der Waals surface area (Å²) in [5.41, 5.74) is 8.00. The Hall–Kier alpha value is -1.40. The Labute approximate surface area is 90.6 Å². The van der Waals surface area contributed by atoms with E-state index in [0.717, 1.165) is 11.8 Å². The van der Waals surface area contributed by atoms with Crippen molar-refractivity contribution < 1.29 is 9.59 Å². The first-order valence-corrected chi connectivity index (χ1v) is 5.44. The lowest BCUT2D eigenvalue weighted by molar-refractivity contribution is -0.122. The molecule has 1 rings (SSSR count). The maximum Gasteiger partial charge on any atom is 0.279 e. The molecule has 8 heteroatoms. The molecule has 0 spiro atoms. The number of hydrogen-bond donors (Lipinski definition) is 2. The van der Waals surface area contributed by atoms with E-state index in [-0.39, 0.29) is 11.1 Å². The summed E-state index contributed by atoms with van der Waals surface area (Å²) in [6, 6.07) is -0.429. The Kier molecular flexibility index (Phi) is 4.79. The van der Waals surface area contributed by atoms with Gasteiger partial charge in [-0.1, -0.05) is 16.9 Å². The summed E-state index contributed by atoms with van der Waals surface area (Å²) in [5, 5.41) is 8.36. The monoisotopic (exact) mass is 229 g/mol. The minimum Gasteiger partial charge on any atom is -0.354 e. The third kappa shape index (κ3) is 4.09. The lowest BCUT2D eigenvalue weighted by Gasteiger charge is -2.09. The highest BCUT2D eigenvalue weighted by Gasteiger charge is 2.27. The summed E-state index contributed by atoms with van der Waals surface area (Å²) in [5.74, 6) is 0.287. The number of nitrogens with zero attached hydrogens (tertiary/aromatic N) is 3. The third-order valence-electron chi connectivity index (χ3n) is 1.79. The van der Waals surface area contributed by atoms with Gasteiger partial charge in [0.2, 0.25) is 5.91 Å². The van der Waals surface area contributed by atoms with Crippen LogP contribution in [0.4, 0.5) is 4.79 Å². The largest absolute Gasteiger partial charge is 0.354 e. The van der Waals surface area contributed by atoms with Gasteiger partial charge in [0.25, 0.3) is 5.24 Å². The summed E-state index contributed by atoms with van der Waals surface area (Å²) < 4.78 is 0. The second-order valence-corrected chi connectivity index (χ2v) is 3.89. The highest BCUT2D eigenvalue weighted by Crippen LogP contribution is 2.12. The number of amides is 2. The Morgan fingerprint density at radius 2 is 2.60 bits per heavy atom. The Bertz CT molecular complexity index is 302. The van der Waals surface area contributed by atoms with Gasteiger partial charge in [-0.3, -0.25) is 9.59 Å². The van der Waals surface area contributed by atoms with Crippen molar-refractivity contribution in [2.75, 3.05) is 18.8 Å². The number of azide groups is 1. The van der Waals surface area contributed by atoms with Gasteiger partial charge in [-0.25, -0.2) is 0 Å². The van der Waals surface area contributed by atoms with Gasteiger partial charge in [-0.2, -0.15) is 0 Å². The number of carbonyl (C=O) groups excluding carboxylic acids is 2. The highest BCUT2D eigenvalue weighted by molar-refractivity contribution is 8.14. The zero-order valence-corrected chi connectivity index (χ0v) is 8.79. The lowest BCUT2D eigenvalue weighted by atomic mass is 10.3. The van der Waals surface area contributed by atoms with E-state index in [0.29, 0.717) is 25.3 Å². The molecule has 1 aliphatic rings. The fourth-order valence-electron chi connectivity index (χ4n) is 1.06. The van der Waals surface area contributed by atoms with Crippen molar-refractivity contribution in [3.63, 3.8) is 0 Å². The van der Waals surface area contributed by atoms with E-state index >= 15 is 0 Å². The van der Waals surface area contributed by atoms with Crippen LogP contribution in [0.1, 0.15) is 6.42 Å². The van der Waals surface area contributed by atoms with Crippen molar-refractivity contribution in [1.82, 2.24) is 10.6 Å². The first-order valence-electron chi connectivity index (χ1n) is 4.46. The zero-order valence-electron chi connectivity index (χ0n) is 7.97. The van der Waals surface area contributed by atoms with Crippen molar-refractivity contribution in [3.8, 4) is 0 Å².